The summed E-state index contributed by atoms with van der Waals surface area (Å²) in [5.41, 5.74) is 0.524. The lowest BCUT2D eigenvalue weighted by molar-refractivity contribution is -0.0514. The quantitative estimate of drug-likeness (QED) is 0.446. The van der Waals surface area contributed by atoms with E-state index in [0.29, 0.717) is 5.41 Å². The van der Waals surface area contributed by atoms with Gasteiger partial charge in [0.25, 0.3) is 0 Å². The van der Waals surface area contributed by atoms with Gasteiger partial charge in [-0.1, -0.05) is 0 Å². The van der Waals surface area contributed by atoms with Crippen LogP contribution in [0.4, 0.5) is 0 Å². The van der Waals surface area contributed by atoms with Gasteiger partial charge in [0.05, 0.1) is 6.34 Å². The molecule has 0 aromatic rings. The zero-order valence-corrected chi connectivity index (χ0v) is 6.68. The predicted molar refractivity (Wildman–Crippen MR) is 42.8 cm³/mol. The molecule has 62 valence electrons. The van der Waals surface area contributed by atoms with Gasteiger partial charge in [-0.2, -0.15) is 0 Å². The van der Waals surface area contributed by atoms with Crippen molar-refractivity contribution >= 4 is 6.34 Å². The lowest BCUT2D eigenvalue weighted by Crippen LogP contribution is -2.57. The second kappa shape index (κ2) is 2.48. The lowest BCUT2D eigenvalue weighted by Gasteiger charge is -2.51. The van der Waals surface area contributed by atoms with Crippen molar-refractivity contribution in [1.29, 1.82) is 5.41 Å². The first-order chi connectivity index (χ1) is 5.35. The maximum atomic E-state index is 7.03. The SMILES string of the molecule is N=CN1CC2(CCOCC2)C1. The summed E-state index contributed by atoms with van der Waals surface area (Å²) in [6.07, 6.45) is 3.83. The van der Waals surface area contributed by atoms with E-state index in [0.717, 1.165) is 26.3 Å². The normalized spacial score (nSPS) is 28.2. The summed E-state index contributed by atoms with van der Waals surface area (Å²) in [6.45, 7) is 4.01. The van der Waals surface area contributed by atoms with E-state index >= 15 is 0 Å². The molecule has 2 aliphatic heterocycles. The summed E-state index contributed by atoms with van der Waals surface area (Å²) in [5.74, 6) is 0. The molecule has 2 saturated heterocycles. The van der Waals surface area contributed by atoms with Crippen molar-refractivity contribution in [2.24, 2.45) is 5.41 Å². The van der Waals surface area contributed by atoms with Crippen LogP contribution in [-0.2, 0) is 4.74 Å². The molecule has 0 saturated carbocycles. The van der Waals surface area contributed by atoms with Gasteiger partial charge in [0.15, 0.2) is 0 Å². The topological polar surface area (TPSA) is 36.3 Å². The van der Waals surface area contributed by atoms with E-state index in [1.54, 1.807) is 0 Å². The molecular weight excluding hydrogens is 140 g/mol. The van der Waals surface area contributed by atoms with E-state index in [2.05, 4.69) is 4.90 Å². The maximum Gasteiger partial charge on any atom is 0.0817 e. The van der Waals surface area contributed by atoms with Crippen LogP contribution < -0.4 is 0 Å². The van der Waals surface area contributed by atoms with Crippen molar-refractivity contribution < 1.29 is 4.74 Å². The van der Waals surface area contributed by atoms with E-state index in [9.17, 15) is 0 Å². The Bertz CT molecular complexity index is 155. The molecule has 2 heterocycles. The third kappa shape index (κ3) is 1.13. The van der Waals surface area contributed by atoms with Crippen LogP contribution >= 0.6 is 0 Å². The summed E-state index contributed by atoms with van der Waals surface area (Å²) in [7, 11) is 0. The zero-order chi connectivity index (χ0) is 7.73. The van der Waals surface area contributed by atoms with Crippen molar-refractivity contribution in [3.63, 3.8) is 0 Å². The molecule has 2 rings (SSSR count). The minimum atomic E-state index is 0.524. The van der Waals surface area contributed by atoms with Crippen molar-refractivity contribution in [3.8, 4) is 0 Å². The van der Waals surface area contributed by atoms with Gasteiger partial charge in [0, 0.05) is 31.7 Å². The highest BCUT2D eigenvalue weighted by Crippen LogP contribution is 2.38. The summed E-state index contributed by atoms with van der Waals surface area (Å²) in [6, 6.07) is 0. The average molecular weight is 154 g/mol. The molecule has 1 spiro atoms. The molecule has 11 heavy (non-hydrogen) atoms. The molecule has 0 bridgehead atoms. The molecule has 0 aliphatic carbocycles. The highest BCUT2D eigenvalue weighted by atomic mass is 16.5. The number of likely N-dealkylation sites (tertiary alicyclic amines) is 1. The van der Waals surface area contributed by atoms with Crippen LogP contribution in [0.2, 0.25) is 0 Å². The molecule has 3 nitrogen and oxygen atoms in total. The third-order valence-electron chi connectivity index (χ3n) is 2.81. The molecule has 0 radical (unpaired) electrons. The molecule has 2 aliphatic rings. The number of nitrogens with zero attached hydrogens (tertiary/aromatic N) is 1. The highest BCUT2D eigenvalue weighted by Gasteiger charge is 2.42. The van der Waals surface area contributed by atoms with Gasteiger partial charge in [-0.05, 0) is 12.8 Å². The van der Waals surface area contributed by atoms with Gasteiger partial charge in [-0.3, -0.25) is 5.41 Å². The van der Waals surface area contributed by atoms with Crippen LogP contribution in [0.5, 0.6) is 0 Å². The van der Waals surface area contributed by atoms with Gasteiger partial charge in [0.2, 0.25) is 0 Å². The molecule has 0 aromatic carbocycles. The lowest BCUT2D eigenvalue weighted by atomic mass is 9.74. The first-order valence-electron chi connectivity index (χ1n) is 4.17. The number of hydrogen-bond acceptors (Lipinski definition) is 2. The number of rotatable bonds is 1. The summed E-state index contributed by atoms with van der Waals surface area (Å²) >= 11 is 0. The summed E-state index contributed by atoms with van der Waals surface area (Å²) < 4.78 is 5.29. The van der Waals surface area contributed by atoms with E-state index in [1.165, 1.54) is 19.2 Å². The molecule has 3 heteroatoms. The highest BCUT2D eigenvalue weighted by molar-refractivity contribution is 5.52. The molecule has 0 atom stereocenters. The summed E-state index contributed by atoms with van der Waals surface area (Å²) in [5, 5.41) is 7.03. The third-order valence-corrected chi connectivity index (χ3v) is 2.81. The van der Waals surface area contributed by atoms with Crippen molar-refractivity contribution in [3.05, 3.63) is 0 Å². The molecule has 0 unspecified atom stereocenters. The monoisotopic (exact) mass is 154 g/mol. The Morgan fingerprint density at radius 2 is 1.91 bits per heavy atom. The van der Waals surface area contributed by atoms with Crippen LogP contribution in [0, 0.1) is 10.8 Å². The van der Waals surface area contributed by atoms with E-state index < -0.39 is 0 Å². The van der Waals surface area contributed by atoms with Gasteiger partial charge in [0.1, 0.15) is 0 Å². The van der Waals surface area contributed by atoms with E-state index in [4.69, 9.17) is 10.1 Å². The van der Waals surface area contributed by atoms with Crippen LogP contribution in [-0.4, -0.2) is 37.5 Å². The largest absolute Gasteiger partial charge is 0.381 e. The predicted octanol–water partition coefficient (Wildman–Crippen LogP) is 0.706. The molecule has 0 aromatic heterocycles. The smallest absolute Gasteiger partial charge is 0.0817 e. The second-order valence-electron chi connectivity index (χ2n) is 3.65. The number of hydrogen-bond donors (Lipinski definition) is 1. The number of nitrogens with one attached hydrogen (secondary N) is 1. The Kier molecular flexibility index (Phi) is 1.60. The Labute approximate surface area is 66.8 Å². The van der Waals surface area contributed by atoms with Crippen molar-refractivity contribution in [1.82, 2.24) is 4.90 Å². The fourth-order valence-electron chi connectivity index (χ4n) is 2.03. The van der Waals surface area contributed by atoms with Crippen LogP contribution in [0.3, 0.4) is 0 Å². The van der Waals surface area contributed by atoms with Gasteiger partial charge >= 0.3 is 0 Å². The fourth-order valence-corrected chi connectivity index (χ4v) is 2.03. The second-order valence-corrected chi connectivity index (χ2v) is 3.65. The van der Waals surface area contributed by atoms with Crippen molar-refractivity contribution in [2.75, 3.05) is 26.3 Å². The van der Waals surface area contributed by atoms with Gasteiger partial charge < -0.3 is 9.64 Å². The van der Waals surface area contributed by atoms with Crippen molar-refractivity contribution in [2.45, 2.75) is 12.8 Å². The number of ether oxygens (including phenoxy) is 1. The molecule has 0 amide bonds. The molecule has 1 N–H and O–H groups in total. The molecule has 2 fully saturated rings. The maximum absolute atomic E-state index is 7.03. The van der Waals surface area contributed by atoms with Gasteiger partial charge in [-0.25, -0.2) is 0 Å². The fraction of sp³-hybridized carbons (Fsp3) is 0.875. The van der Waals surface area contributed by atoms with E-state index in [-0.39, 0.29) is 0 Å². The van der Waals surface area contributed by atoms with Crippen LogP contribution in [0.1, 0.15) is 12.8 Å². The minimum Gasteiger partial charge on any atom is -0.381 e. The minimum absolute atomic E-state index is 0.524. The average Bonchev–Trinajstić information content (AvgIpc) is 2.01. The van der Waals surface area contributed by atoms with E-state index in [1.807, 2.05) is 0 Å². The Morgan fingerprint density at radius 1 is 1.27 bits per heavy atom. The molecular formula is C8H14N2O. The Morgan fingerprint density at radius 3 is 2.45 bits per heavy atom. The standard InChI is InChI=1S/C8H14N2O/c9-7-10-5-8(6-10)1-3-11-4-2-8/h7,9H,1-6H2. The van der Waals surface area contributed by atoms with Crippen LogP contribution in [0.25, 0.3) is 0 Å². The summed E-state index contributed by atoms with van der Waals surface area (Å²) in [4.78, 5) is 2.06. The Balaban J connectivity index is 1.88. The first-order valence-corrected chi connectivity index (χ1v) is 4.17. The van der Waals surface area contributed by atoms with Gasteiger partial charge in [-0.15, -0.1) is 0 Å². The first kappa shape index (κ1) is 7.10. The van der Waals surface area contributed by atoms with Crippen LogP contribution in [0.15, 0.2) is 0 Å². The zero-order valence-electron chi connectivity index (χ0n) is 6.68. The Hall–Kier alpha value is -0.570.